The quantitative estimate of drug-likeness (QED) is 0.704. The molecule has 0 saturated carbocycles. The predicted molar refractivity (Wildman–Crippen MR) is 98.9 cm³/mol. The number of hydrogen-bond donors (Lipinski definition) is 1. The molecular weight excluding hydrogens is 342 g/mol. The van der Waals surface area contributed by atoms with Gasteiger partial charge in [-0.05, 0) is 60.0 Å². The third-order valence-electron chi connectivity index (χ3n) is 3.61. The Morgan fingerprint density at radius 1 is 0.833 bits per heavy atom. The number of halogens is 1. The summed E-state index contributed by atoms with van der Waals surface area (Å²) in [4.78, 5) is 0.224. The van der Waals surface area contributed by atoms with Gasteiger partial charge in [0.25, 0.3) is 10.0 Å². The first-order chi connectivity index (χ1) is 11.4. The minimum absolute atomic E-state index is 0.224. The van der Waals surface area contributed by atoms with Gasteiger partial charge in [-0.15, -0.1) is 0 Å². The van der Waals surface area contributed by atoms with Crippen LogP contribution in [0.1, 0.15) is 5.56 Å². The van der Waals surface area contributed by atoms with Crippen LogP contribution < -0.4 is 4.72 Å². The van der Waals surface area contributed by atoms with Crippen LogP contribution in [0.2, 0.25) is 5.02 Å². The highest BCUT2D eigenvalue weighted by molar-refractivity contribution is 7.92. The minimum atomic E-state index is -3.61. The van der Waals surface area contributed by atoms with Gasteiger partial charge in [0.15, 0.2) is 0 Å². The zero-order valence-electron chi connectivity index (χ0n) is 13.0. The molecule has 0 aliphatic rings. The topological polar surface area (TPSA) is 46.2 Å². The summed E-state index contributed by atoms with van der Waals surface area (Å²) in [5, 5.41) is 0.667. The summed E-state index contributed by atoms with van der Waals surface area (Å²) in [6.07, 6.45) is 0. The molecule has 3 aromatic carbocycles. The molecule has 3 rings (SSSR count). The number of rotatable bonds is 4. The summed E-state index contributed by atoms with van der Waals surface area (Å²) in [6.45, 7) is 1.92. The highest BCUT2D eigenvalue weighted by atomic mass is 35.5. The van der Waals surface area contributed by atoms with E-state index in [0.717, 1.165) is 16.7 Å². The van der Waals surface area contributed by atoms with Gasteiger partial charge in [0.2, 0.25) is 0 Å². The molecule has 0 bridgehead atoms. The molecule has 0 fully saturated rings. The van der Waals surface area contributed by atoms with E-state index in [9.17, 15) is 8.42 Å². The maximum absolute atomic E-state index is 12.5. The molecule has 0 spiro atoms. The third kappa shape index (κ3) is 3.78. The van der Waals surface area contributed by atoms with E-state index in [4.69, 9.17) is 11.6 Å². The van der Waals surface area contributed by atoms with Gasteiger partial charge < -0.3 is 0 Å². The van der Waals surface area contributed by atoms with E-state index in [0.29, 0.717) is 10.7 Å². The van der Waals surface area contributed by atoms with Gasteiger partial charge in [-0.25, -0.2) is 8.42 Å². The van der Waals surface area contributed by atoms with Crippen LogP contribution in [0, 0.1) is 6.92 Å². The van der Waals surface area contributed by atoms with Crippen molar-refractivity contribution in [2.45, 2.75) is 11.8 Å². The Morgan fingerprint density at radius 3 is 2.00 bits per heavy atom. The van der Waals surface area contributed by atoms with Crippen molar-refractivity contribution in [3.05, 3.63) is 83.4 Å². The van der Waals surface area contributed by atoms with Crippen molar-refractivity contribution >= 4 is 27.3 Å². The highest BCUT2D eigenvalue weighted by Gasteiger charge is 2.14. The molecule has 0 radical (unpaired) electrons. The van der Waals surface area contributed by atoms with Gasteiger partial charge in [0.1, 0.15) is 0 Å². The summed E-state index contributed by atoms with van der Waals surface area (Å²) < 4.78 is 27.6. The fourth-order valence-electron chi connectivity index (χ4n) is 2.39. The number of aryl methyl sites for hydroxylation is 1. The van der Waals surface area contributed by atoms with Crippen LogP contribution in [0.3, 0.4) is 0 Å². The molecule has 24 heavy (non-hydrogen) atoms. The van der Waals surface area contributed by atoms with E-state index in [2.05, 4.69) is 4.72 Å². The van der Waals surface area contributed by atoms with E-state index in [1.54, 1.807) is 48.5 Å². The van der Waals surface area contributed by atoms with Gasteiger partial charge in [-0.3, -0.25) is 4.72 Å². The van der Waals surface area contributed by atoms with E-state index < -0.39 is 10.0 Å². The average Bonchev–Trinajstić information content (AvgIpc) is 2.55. The fourth-order valence-corrected chi connectivity index (χ4v) is 3.57. The van der Waals surface area contributed by atoms with E-state index >= 15 is 0 Å². The predicted octanol–water partition coefficient (Wildman–Crippen LogP) is 5.12. The smallest absolute Gasteiger partial charge is 0.261 e. The van der Waals surface area contributed by atoms with Crippen molar-refractivity contribution in [2.24, 2.45) is 0 Å². The minimum Gasteiger partial charge on any atom is -0.280 e. The molecule has 0 unspecified atom stereocenters. The molecule has 1 N–H and O–H groups in total. The molecule has 122 valence electrons. The second-order valence-electron chi connectivity index (χ2n) is 5.51. The lowest BCUT2D eigenvalue weighted by atomic mass is 10.1. The first-order valence-electron chi connectivity index (χ1n) is 7.39. The summed E-state index contributed by atoms with van der Waals surface area (Å²) >= 11 is 5.88. The Bertz CT molecular complexity index is 949. The highest BCUT2D eigenvalue weighted by Crippen LogP contribution is 2.24. The number of benzene rings is 3. The lowest BCUT2D eigenvalue weighted by Gasteiger charge is -2.09. The van der Waals surface area contributed by atoms with Gasteiger partial charge in [0.05, 0.1) is 4.90 Å². The summed E-state index contributed by atoms with van der Waals surface area (Å²) in [5.74, 6) is 0. The Morgan fingerprint density at radius 2 is 1.42 bits per heavy atom. The Kier molecular flexibility index (Phi) is 4.60. The van der Waals surface area contributed by atoms with Crippen molar-refractivity contribution in [3.8, 4) is 11.1 Å². The molecule has 0 aliphatic heterocycles. The van der Waals surface area contributed by atoms with Crippen LogP contribution in [-0.4, -0.2) is 8.42 Å². The number of nitrogens with one attached hydrogen (secondary N) is 1. The second-order valence-corrected chi connectivity index (χ2v) is 7.63. The monoisotopic (exact) mass is 357 g/mol. The van der Waals surface area contributed by atoms with E-state index in [-0.39, 0.29) is 4.90 Å². The SMILES string of the molecule is Cc1cccc(NS(=O)(=O)c2ccc(-c3ccc(Cl)cc3)cc2)c1. The maximum Gasteiger partial charge on any atom is 0.261 e. The molecule has 0 heterocycles. The van der Waals surface area contributed by atoms with Crippen molar-refractivity contribution in [1.82, 2.24) is 0 Å². The van der Waals surface area contributed by atoms with Gasteiger partial charge in [-0.1, -0.05) is 48.0 Å². The van der Waals surface area contributed by atoms with Crippen LogP contribution >= 0.6 is 11.6 Å². The van der Waals surface area contributed by atoms with Crippen LogP contribution in [-0.2, 0) is 10.0 Å². The Balaban J connectivity index is 1.85. The van der Waals surface area contributed by atoms with E-state index in [1.807, 2.05) is 31.2 Å². The third-order valence-corrected chi connectivity index (χ3v) is 5.26. The van der Waals surface area contributed by atoms with Crippen LogP contribution in [0.25, 0.3) is 11.1 Å². The zero-order valence-corrected chi connectivity index (χ0v) is 14.6. The zero-order chi connectivity index (χ0) is 17.2. The van der Waals surface area contributed by atoms with Gasteiger partial charge >= 0.3 is 0 Å². The first kappa shape index (κ1) is 16.6. The second kappa shape index (κ2) is 6.67. The number of anilines is 1. The summed E-state index contributed by atoms with van der Waals surface area (Å²) in [6, 6.07) is 21.4. The molecule has 3 aromatic rings. The van der Waals surface area contributed by atoms with Crippen molar-refractivity contribution in [3.63, 3.8) is 0 Å². The Hall–Kier alpha value is -2.30. The fraction of sp³-hybridized carbons (Fsp3) is 0.0526. The standard InChI is InChI=1S/C19H16ClNO2S/c1-14-3-2-4-18(13-14)21-24(22,23)19-11-7-16(8-12-19)15-5-9-17(20)10-6-15/h2-13,21H,1H3. The molecule has 0 aromatic heterocycles. The summed E-state index contributed by atoms with van der Waals surface area (Å²) in [7, 11) is -3.61. The molecule has 3 nitrogen and oxygen atoms in total. The molecule has 0 aliphatic carbocycles. The van der Waals surface area contributed by atoms with Crippen molar-refractivity contribution < 1.29 is 8.42 Å². The lowest BCUT2D eigenvalue weighted by Crippen LogP contribution is -2.12. The van der Waals surface area contributed by atoms with E-state index in [1.165, 1.54) is 0 Å². The molecular formula is C19H16ClNO2S. The molecule has 5 heteroatoms. The molecule has 0 atom stereocenters. The Labute approximate surface area is 147 Å². The molecule has 0 amide bonds. The normalized spacial score (nSPS) is 11.2. The van der Waals surface area contributed by atoms with Crippen molar-refractivity contribution in [2.75, 3.05) is 4.72 Å². The largest absolute Gasteiger partial charge is 0.280 e. The van der Waals surface area contributed by atoms with Crippen molar-refractivity contribution in [1.29, 1.82) is 0 Å². The van der Waals surface area contributed by atoms with Gasteiger partial charge in [0, 0.05) is 10.7 Å². The average molecular weight is 358 g/mol. The van der Waals surface area contributed by atoms with Gasteiger partial charge in [-0.2, -0.15) is 0 Å². The maximum atomic E-state index is 12.5. The number of sulfonamides is 1. The lowest BCUT2D eigenvalue weighted by molar-refractivity contribution is 0.601. The van der Waals surface area contributed by atoms with Crippen LogP contribution in [0.15, 0.2) is 77.7 Å². The first-order valence-corrected chi connectivity index (χ1v) is 9.26. The number of hydrogen-bond acceptors (Lipinski definition) is 2. The van der Waals surface area contributed by atoms with Crippen LogP contribution in [0.5, 0.6) is 0 Å². The summed E-state index contributed by atoms with van der Waals surface area (Å²) in [5.41, 5.74) is 3.46. The molecule has 0 saturated heterocycles. The van der Waals surface area contributed by atoms with Crippen LogP contribution in [0.4, 0.5) is 5.69 Å².